The monoisotopic (exact) mass is 484 g/mol. The van der Waals surface area contributed by atoms with E-state index in [0.717, 1.165) is 40.1 Å². The minimum atomic E-state index is -0.753. The van der Waals surface area contributed by atoms with Gasteiger partial charge in [-0.15, -0.1) is 0 Å². The number of rotatable bonds is 11. The van der Waals surface area contributed by atoms with Gasteiger partial charge in [0.25, 0.3) is 0 Å². The lowest BCUT2D eigenvalue weighted by Gasteiger charge is -2.16. The van der Waals surface area contributed by atoms with E-state index in [0.29, 0.717) is 18.9 Å². The zero-order valence-electron chi connectivity index (χ0n) is 21.0. The smallest absolute Gasteiger partial charge is 0.303 e. The number of nitrogens with zero attached hydrogens (tertiary/aromatic N) is 1. The van der Waals surface area contributed by atoms with Gasteiger partial charge in [0.2, 0.25) is 0 Å². The van der Waals surface area contributed by atoms with E-state index in [2.05, 4.69) is 65.9 Å². The Hall–Kier alpha value is -3.90. The number of aliphatic carboxylic acids is 1. The minimum Gasteiger partial charge on any atom is -0.481 e. The molecule has 1 heterocycles. The third-order valence-corrected chi connectivity index (χ3v) is 6.36. The van der Waals surface area contributed by atoms with E-state index in [9.17, 15) is 4.79 Å². The predicted molar refractivity (Wildman–Crippen MR) is 142 cm³/mol. The number of nitrogens with one attached hydrogen (secondary N) is 1. The molecule has 0 bridgehead atoms. The molecule has 0 aliphatic heterocycles. The first-order valence-corrected chi connectivity index (χ1v) is 12.2. The van der Waals surface area contributed by atoms with Crippen molar-refractivity contribution in [2.24, 2.45) is 0 Å². The van der Waals surface area contributed by atoms with Gasteiger partial charge in [-0.3, -0.25) is 4.79 Å². The van der Waals surface area contributed by atoms with Crippen LogP contribution in [0.1, 0.15) is 48.3 Å². The van der Waals surface area contributed by atoms with E-state index < -0.39 is 5.97 Å². The zero-order valence-corrected chi connectivity index (χ0v) is 21.0. The summed E-state index contributed by atoms with van der Waals surface area (Å²) in [5.41, 5.74) is 8.25. The number of aryl methyl sites for hydroxylation is 3. The van der Waals surface area contributed by atoms with Crippen LogP contribution in [-0.4, -0.2) is 23.0 Å². The van der Waals surface area contributed by atoms with E-state index >= 15 is 0 Å². The molecule has 6 nitrogen and oxygen atoms in total. The highest BCUT2D eigenvalue weighted by molar-refractivity contribution is 5.76. The van der Waals surface area contributed by atoms with E-state index in [-0.39, 0.29) is 12.5 Å². The molecule has 0 amide bonds. The van der Waals surface area contributed by atoms with Crippen molar-refractivity contribution in [3.8, 4) is 22.5 Å². The molecule has 186 valence electrons. The normalized spacial score (nSPS) is 11.9. The van der Waals surface area contributed by atoms with Gasteiger partial charge in [0, 0.05) is 12.0 Å². The summed E-state index contributed by atoms with van der Waals surface area (Å²) < 4.78 is 11.7. The van der Waals surface area contributed by atoms with E-state index in [1.165, 1.54) is 11.1 Å². The number of ether oxygens (including phenoxy) is 1. The Morgan fingerprint density at radius 2 is 1.61 bits per heavy atom. The average molecular weight is 485 g/mol. The van der Waals surface area contributed by atoms with Crippen molar-refractivity contribution in [2.75, 3.05) is 12.0 Å². The Morgan fingerprint density at radius 3 is 2.28 bits per heavy atom. The van der Waals surface area contributed by atoms with Gasteiger partial charge in [0.1, 0.15) is 18.1 Å². The van der Waals surface area contributed by atoms with Crippen molar-refractivity contribution in [1.82, 2.24) is 5.16 Å². The van der Waals surface area contributed by atoms with Gasteiger partial charge in [0.05, 0.1) is 6.10 Å². The first kappa shape index (κ1) is 25.2. The molecule has 1 unspecified atom stereocenters. The van der Waals surface area contributed by atoms with Crippen molar-refractivity contribution in [3.05, 3.63) is 95.2 Å². The largest absolute Gasteiger partial charge is 0.481 e. The van der Waals surface area contributed by atoms with E-state index in [1.807, 2.05) is 38.1 Å². The summed E-state index contributed by atoms with van der Waals surface area (Å²) in [6, 6.07) is 24.7. The number of hydrogen-bond acceptors (Lipinski definition) is 5. The van der Waals surface area contributed by atoms with E-state index in [4.69, 9.17) is 14.4 Å². The summed E-state index contributed by atoms with van der Waals surface area (Å²) in [5.74, 6) is -0.0728. The topological polar surface area (TPSA) is 84.6 Å². The molecule has 0 radical (unpaired) electrons. The van der Waals surface area contributed by atoms with Crippen molar-refractivity contribution in [2.45, 2.75) is 46.1 Å². The maximum Gasteiger partial charge on any atom is 0.303 e. The van der Waals surface area contributed by atoms with Crippen LogP contribution in [-0.2, 0) is 16.0 Å². The molecular formula is C30H32N2O4. The summed E-state index contributed by atoms with van der Waals surface area (Å²) in [4.78, 5) is 10.7. The second-order valence-corrected chi connectivity index (χ2v) is 8.98. The quantitative estimate of drug-likeness (QED) is 0.219. The van der Waals surface area contributed by atoms with Gasteiger partial charge >= 0.3 is 5.97 Å². The van der Waals surface area contributed by atoms with Crippen LogP contribution in [0.3, 0.4) is 0 Å². The maximum absolute atomic E-state index is 10.7. The van der Waals surface area contributed by atoms with Crippen LogP contribution in [0.4, 0.5) is 5.69 Å². The number of hydrogen-bond donors (Lipinski definition) is 2. The molecule has 4 aromatic rings. The van der Waals surface area contributed by atoms with Crippen LogP contribution in [0.5, 0.6) is 0 Å². The fourth-order valence-electron chi connectivity index (χ4n) is 4.27. The molecule has 2 N–H and O–H groups in total. The first-order valence-electron chi connectivity index (χ1n) is 12.2. The van der Waals surface area contributed by atoms with Gasteiger partial charge < -0.3 is 19.7 Å². The Morgan fingerprint density at radius 1 is 0.972 bits per heavy atom. The Bertz CT molecular complexity index is 1290. The number of benzene rings is 3. The summed E-state index contributed by atoms with van der Waals surface area (Å²) in [6.07, 6.45) is 1.57. The van der Waals surface area contributed by atoms with Crippen LogP contribution in [0, 0.1) is 13.8 Å². The number of carboxylic acid groups (broad SMARTS) is 1. The van der Waals surface area contributed by atoms with E-state index in [1.54, 1.807) is 0 Å². The molecule has 4 rings (SSSR count). The van der Waals surface area contributed by atoms with Crippen molar-refractivity contribution >= 4 is 11.7 Å². The fourth-order valence-corrected chi connectivity index (χ4v) is 4.27. The van der Waals surface area contributed by atoms with Crippen LogP contribution in [0.25, 0.3) is 22.5 Å². The second kappa shape index (κ2) is 11.7. The number of carbonyl (C=O) groups is 1. The van der Waals surface area contributed by atoms with Crippen molar-refractivity contribution < 1.29 is 19.2 Å². The SMILES string of the molecule is Cc1ccccc1C(C)OCNc1c(C)noc1-c1ccc(-c2ccc(CCCC(=O)O)cc2)cc1. The van der Waals surface area contributed by atoms with Crippen LogP contribution < -0.4 is 5.32 Å². The van der Waals surface area contributed by atoms with Gasteiger partial charge in [0.15, 0.2) is 5.76 Å². The molecule has 0 spiro atoms. The number of aromatic nitrogens is 1. The molecular weight excluding hydrogens is 452 g/mol. The summed E-state index contributed by atoms with van der Waals surface area (Å²) >= 11 is 0. The van der Waals surface area contributed by atoms with Gasteiger partial charge in [-0.2, -0.15) is 0 Å². The molecule has 1 atom stereocenters. The third kappa shape index (κ3) is 6.20. The summed E-state index contributed by atoms with van der Waals surface area (Å²) in [6.45, 7) is 6.38. The molecule has 0 aliphatic carbocycles. The first-order chi connectivity index (χ1) is 17.4. The second-order valence-electron chi connectivity index (χ2n) is 8.98. The van der Waals surface area contributed by atoms with Crippen molar-refractivity contribution in [3.63, 3.8) is 0 Å². The standard InChI is InChI=1S/C30H32N2O4/c1-20-7-4-5-9-27(20)22(3)35-19-31-29-21(2)32-36-30(29)26-17-15-25(16-18-26)24-13-11-23(12-14-24)8-6-10-28(33)34/h4-5,7,9,11-18,22,31H,6,8,10,19H2,1-3H3,(H,33,34). The third-order valence-electron chi connectivity index (χ3n) is 6.36. The van der Waals surface area contributed by atoms with Gasteiger partial charge in [-0.05, 0) is 61.4 Å². The van der Waals surface area contributed by atoms with Crippen LogP contribution >= 0.6 is 0 Å². The highest BCUT2D eigenvalue weighted by atomic mass is 16.5. The lowest BCUT2D eigenvalue weighted by atomic mass is 10.00. The zero-order chi connectivity index (χ0) is 25.5. The lowest BCUT2D eigenvalue weighted by Crippen LogP contribution is -2.11. The van der Waals surface area contributed by atoms with Crippen LogP contribution in [0.15, 0.2) is 77.3 Å². The minimum absolute atomic E-state index is 0.0369. The lowest BCUT2D eigenvalue weighted by molar-refractivity contribution is -0.137. The summed E-state index contributed by atoms with van der Waals surface area (Å²) in [7, 11) is 0. The fraction of sp³-hybridized carbons (Fsp3) is 0.267. The van der Waals surface area contributed by atoms with Crippen LogP contribution in [0.2, 0.25) is 0 Å². The number of carboxylic acids is 1. The molecule has 0 saturated carbocycles. The maximum atomic E-state index is 10.7. The highest BCUT2D eigenvalue weighted by Crippen LogP contribution is 2.33. The average Bonchev–Trinajstić information content (AvgIpc) is 3.24. The highest BCUT2D eigenvalue weighted by Gasteiger charge is 2.16. The van der Waals surface area contributed by atoms with Crippen molar-refractivity contribution in [1.29, 1.82) is 0 Å². The molecule has 6 heteroatoms. The molecule has 3 aromatic carbocycles. The molecule has 1 aromatic heterocycles. The molecule has 36 heavy (non-hydrogen) atoms. The molecule has 0 fully saturated rings. The van der Waals surface area contributed by atoms with Gasteiger partial charge in [-0.25, -0.2) is 0 Å². The Balaban J connectivity index is 1.39. The predicted octanol–water partition coefficient (Wildman–Crippen LogP) is 7.18. The molecule has 0 saturated heterocycles. The Kier molecular flexibility index (Phi) is 8.18. The van der Waals surface area contributed by atoms with Gasteiger partial charge in [-0.1, -0.05) is 78.0 Å². The molecule has 0 aliphatic rings. The number of anilines is 1. The summed E-state index contributed by atoms with van der Waals surface area (Å²) in [5, 5.41) is 16.3. The Labute approximate surface area is 211 Å².